The SMILES string of the molecule is CCCC[C@H](NC(C)=O)C(=O)NC1CCC(=O)NCCCCC(C(=O)N[C@@H](Cc2c[nH]c3ccccc23)C(N)=O)CCCC(=O)[C@H](CCCN=C(N)N)NC(=O)C(Cc2ccccc2)NC(=O)[C@H](Cc2cnc[nH]2)NC1=O. The Hall–Kier alpha value is -8.11. The molecule has 15 N–H and O–H groups in total. The van der Waals surface area contributed by atoms with Gasteiger partial charge in [-0.1, -0.05) is 74.7 Å². The first-order valence-corrected chi connectivity index (χ1v) is 26.5. The molecule has 1 aliphatic rings. The second-order valence-electron chi connectivity index (χ2n) is 19.5. The Morgan fingerprint density at radius 2 is 1.47 bits per heavy atom. The predicted octanol–water partition coefficient (Wildman–Crippen LogP) is 1.01. The quantitative estimate of drug-likeness (QED) is 0.0356. The molecule has 77 heavy (non-hydrogen) atoms. The predicted molar refractivity (Wildman–Crippen MR) is 289 cm³/mol. The number of nitrogens with one attached hydrogen (secondary N) is 9. The Labute approximate surface area is 448 Å². The van der Waals surface area contributed by atoms with Crippen molar-refractivity contribution in [2.24, 2.45) is 28.1 Å². The highest BCUT2D eigenvalue weighted by Gasteiger charge is 2.34. The number of nitrogens with two attached hydrogens (primary N) is 3. The average molecular weight is 1070 g/mol. The van der Waals surface area contributed by atoms with E-state index in [1.807, 2.05) is 31.2 Å². The molecule has 23 heteroatoms. The van der Waals surface area contributed by atoms with Gasteiger partial charge < -0.3 is 64.4 Å². The fraction of sp³-hybridized carbons (Fsp3) is 0.500. The largest absolute Gasteiger partial charge is 0.370 e. The number of carbonyl (C=O) groups excluding carboxylic acids is 9. The van der Waals surface area contributed by atoms with E-state index >= 15 is 0 Å². The minimum absolute atomic E-state index is 0.0302. The van der Waals surface area contributed by atoms with Gasteiger partial charge in [0.2, 0.25) is 47.3 Å². The Morgan fingerprint density at radius 1 is 0.766 bits per heavy atom. The van der Waals surface area contributed by atoms with Crippen LogP contribution in [0.2, 0.25) is 0 Å². The lowest BCUT2D eigenvalue weighted by atomic mass is 9.92. The van der Waals surface area contributed by atoms with Gasteiger partial charge in [0.25, 0.3) is 0 Å². The zero-order valence-corrected chi connectivity index (χ0v) is 44.0. The first kappa shape index (κ1) is 59.8. The number of rotatable bonds is 19. The minimum Gasteiger partial charge on any atom is -0.370 e. The van der Waals surface area contributed by atoms with Crippen LogP contribution in [0.4, 0.5) is 0 Å². The van der Waals surface area contributed by atoms with E-state index in [4.69, 9.17) is 17.2 Å². The van der Waals surface area contributed by atoms with Crippen molar-refractivity contribution in [2.45, 2.75) is 153 Å². The average Bonchev–Trinajstić information content (AvgIpc) is 4.08. The van der Waals surface area contributed by atoms with Gasteiger partial charge in [0.1, 0.15) is 30.2 Å². The molecule has 1 saturated heterocycles. The number of fused-ring (bicyclic) bond motifs is 1. The Kier molecular flexibility index (Phi) is 24.1. The summed E-state index contributed by atoms with van der Waals surface area (Å²) in [5.74, 6) is -6.24. The molecule has 1 fully saturated rings. The number of aromatic amines is 2. The smallest absolute Gasteiger partial charge is 0.243 e. The highest BCUT2D eigenvalue weighted by Crippen LogP contribution is 2.22. The molecule has 0 bridgehead atoms. The summed E-state index contributed by atoms with van der Waals surface area (Å²) in [5, 5.41) is 20.3. The van der Waals surface area contributed by atoms with Crippen molar-refractivity contribution in [3.63, 3.8) is 0 Å². The van der Waals surface area contributed by atoms with Gasteiger partial charge in [0, 0.05) is 87.0 Å². The van der Waals surface area contributed by atoms with Crippen LogP contribution in [0.3, 0.4) is 0 Å². The van der Waals surface area contributed by atoms with Gasteiger partial charge in [-0.15, -0.1) is 0 Å². The molecule has 2 aromatic heterocycles. The van der Waals surface area contributed by atoms with Crippen LogP contribution in [-0.2, 0) is 62.4 Å². The van der Waals surface area contributed by atoms with Crippen LogP contribution >= 0.6 is 0 Å². The fourth-order valence-corrected chi connectivity index (χ4v) is 9.23. The summed E-state index contributed by atoms with van der Waals surface area (Å²) < 4.78 is 0. The second-order valence-corrected chi connectivity index (χ2v) is 19.5. The molecule has 3 unspecified atom stereocenters. The van der Waals surface area contributed by atoms with Crippen LogP contribution in [0.1, 0.15) is 114 Å². The first-order chi connectivity index (χ1) is 37.0. The summed E-state index contributed by atoms with van der Waals surface area (Å²) in [6.45, 7) is 3.54. The molecule has 4 aromatic rings. The molecule has 8 amide bonds. The lowest BCUT2D eigenvalue weighted by Gasteiger charge is -2.27. The highest BCUT2D eigenvalue weighted by atomic mass is 16.2. The number of hydrogen-bond donors (Lipinski definition) is 12. The number of imidazole rings is 1. The van der Waals surface area contributed by atoms with E-state index < -0.39 is 89.4 Å². The Morgan fingerprint density at radius 3 is 2.17 bits per heavy atom. The lowest BCUT2D eigenvalue weighted by molar-refractivity contribution is -0.135. The van der Waals surface area contributed by atoms with Crippen molar-refractivity contribution in [1.82, 2.24) is 52.2 Å². The third-order valence-corrected chi connectivity index (χ3v) is 13.4. The molecular formula is C54H76N14O9. The zero-order chi connectivity index (χ0) is 55.7. The van der Waals surface area contributed by atoms with E-state index in [-0.39, 0.29) is 95.5 Å². The van der Waals surface area contributed by atoms with Crippen molar-refractivity contribution in [1.29, 1.82) is 0 Å². The standard InChI is InChI=1S/C54H76N14O9/c1-3-4-19-41(63-33(2)69)50(74)65-42-23-24-47(71)59-25-11-10-16-35(49(73)66-43(48(55)72)28-36-30-61-39-20-9-8-18-38(36)39)17-12-22-46(70)40(21-13-26-60-54(56)57)64-52(76)44(27-34-14-6-5-7-15-34)67-53(77)45(68-51(42)75)29-37-31-58-32-62-37/h5-9,14-15,18,20,30-32,35,40-45,61H,3-4,10-13,16-17,19,21-29H2,1-2H3,(H2,55,72)(H,58,62)(H,59,71)(H,63,69)(H,64,76)(H,65,74)(H,66,73)(H,67,77)(H,68,75)(H4,56,57,60)/t35?,40-,41-,42?,43-,44?,45-/m0/s1. The van der Waals surface area contributed by atoms with E-state index in [0.717, 1.165) is 16.5 Å². The van der Waals surface area contributed by atoms with Crippen LogP contribution in [0, 0.1) is 5.92 Å². The maximum atomic E-state index is 14.6. The lowest BCUT2D eigenvalue weighted by Crippen LogP contribution is -2.59. The number of unbranched alkanes of at least 4 members (excludes halogenated alkanes) is 1. The second kappa shape index (κ2) is 31.1. The molecule has 7 atom stereocenters. The third-order valence-electron chi connectivity index (χ3n) is 13.4. The minimum atomic E-state index is -1.38. The van der Waals surface area contributed by atoms with Gasteiger partial charge in [0.05, 0.1) is 12.4 Å². The Bertz CT molecular complexity index is 2640. The van der Waals surface area contributed by atoms with E-state index in [9.17, 15) is 43.2 Å². The summed E-state index contributed by atoms with van der Waals surface area (Å²) in [4.78, 5) is 138. The molecular weight excluding hydrogens is 989 g/mol. The van der Waals surface area contributed by atoms with E-state index in [2.05, 4.69) is 57.2 Å². The maximum absolute atomic E-state index is 14.6. The number of Topliss-reactive ketones (excluding diaryl/α,β-unsaturated/α-hetero) is 1. The van der Waals surface area contributed by atoms with Gasteiger partial charge in [-0.3, -0.25) is 48.1 Å². The van der Waals surface area contributed by atoms with Gasteiger partial charge in [0.15, 0.2) is 11.7 Å². The van der Waals surface area contributed by atoms with Crippen LogP contribution in [0.15, 0.2) is 78.3 Å². The van der Waals surface area contributed by atoms with Crippen LogP contribution < -0.4 is 54.4 Å². The normalized spacial score (nSPS) is 20.5. The number of nitrogens with zero attached hydrogens (tertiary/aromatic N) is 2. The van der Waals surface area contributed by atoms with E-state index in [1.165, 1.54) is 19.4 Å². The zero-order valence-electron chi connectivity index (χ0n) is 44.0. The molecule has 2 aromatic carbocycles. The van der Waals surface area contributed by atoms with Crippen molar-refractivity contribution in [2.75, 3.05) is 13.1 Å². The monoisotopic (exact) mass is 1060 g/mol. The summed E-state index contributed by atoms with van der Waals surface area (Å²) in [5.41, 5.74) is 19.8. The molecule has 1 aliphatic heterocycles. The number of hydrogen-bond acceptors (Lipinski definition) is 11. The summed E-state index contributed by atoms with van der Waals surface area (Å²) in [6.07, 6.45) is 7.70. The number of para-hydroxylation sites is 1. The Balaban J connectivity index is 1.47. The van der Waals surface area contributed by atoms with Crippen molar-refractivity contribution >= 4 is 69.9 Å². The molecule has 416 valence electrons. The molecule has 3 heterocycles. The van der Waals surface area contributed by atoms with Gasteiger partial charge in [-0.25, -0.2) is 4.98 Å². The highest BCUT2D eigenvalue weighted by molar-refractivity contribution is 5.97. The molecule has 0 aliphatic carbocycles. The number of primary amides is 1. The first-order valence-electron chi connectivity index (χ1n) is 26.5. The van der Waals surface area contributed by atoms with E-state index in [0.29, 0.717) is 43.4 Å². The molecule has 0 radical (unpaired) electrons. The van der Waals surface area contributed by atoms with Crippen LogP contribution in [-0.4, -0.2) is 123 Å². The number of guanidine groups is 1. The van der Waals surface area contributed by atoms with Crippen LogP contribution in [0.25, 0.3) is 10.9 Å². The fourth-order valence-electron chi connectivity index (χ4n) is 9.23. The molecule has 23 nitrogen and oxygen atoms in total. The van der Waals surface area contributed by atoms with Gasteiger partial charge >= 0.3 is 0 Å². The number of ketones is 1. The van der Waals surface area contributed by atoms with Crippen LogP contribution in [0.5, 0.6) is 0 Å². The summed E-state index contributed by atoms with van der Waals surface area (Å²) in [7, 11) is 0. The van der Waals surface area contributed by atoms with Crippen molar-refractivity contribution in [3.8, 4) is 0 Å². The number of H-pyrrole nitrogens is 2. The summed E-state index contributed by atoms with van der Waals surface area (Å²) >= 11 is 0. The van der Waals surface area contributed by atoms with Gasteiger partial charge in [-0.05, 0) is 68.6 Å². The molecule has 0 spiro atoms. The van der Waals surface area contributed by atoms with E-state index in [1.54, 1.807) is 36.5 Å². The van der Waals surface area contributed by atoms with Gasteiger partial charge in [-0.2, -0.15) is 0 Å². The molecule has 5 rings (SSSR count). The maximum Gasteiger partial charge on any atom is 0.243 e. The van der Waals surface area contributed by atoms with Crippen molar-refractivity contribution in [3.05, 3.63) is 90.1 Å². The number of carbonyl (C=O) groups is 9. The van der Waals surface area contributed by atoms with Crippen molar-refractivity contribution < 1.29 is 43.2 Å². The third kappa shape index (κ3) is 20.2. The number of amides is 8. The summed E-state index contributed by atoms with van der Waals surface area (Å²) in [6, 6.07) is 9.22. The molecule has 0 saturated carbocycles. The number of benzene rings is 2. The number of aromatic nitrogens is 3. The number of aliphatic imine (C=N–C) groups is 1. The topological polar surface area (TPSA) is 373 Å².